The third-order valence-electron chi connectivity index (χ3n) is 1.87. The molecule has 1 aromatic rings. The number of benzene rings is 1. The van der Waals surface area contributed by atoms with Crippen LogP contribution in [0.4, 0.5) is 0 Å². The molecule has 6 heteroatoms. The van der Waals surface area contributed by atoms with E-state index in [1.54, 1.807) is 6.08 Å². The van der Waals surface area contributed by atoms with Crippen molar-refractivity contribution in [3.63, 3.8) is 0 Å². The molecule has 0 aliphatic heterocycles. The van der Waals surface area contributed by atoms with Gasteiger partial charge in [-0.2, -0.15) is 9.35 Å². The zero-order valence-electron chi connectivity index (χ0n) is 9.79. The van der Waals surface area contributed by atoms with Crippen LogP contribution < -0.4 is 0 Å². The Bertz CT molecular complexity index is 338. The van der Waals surface area contributed by atoms with Gasteiger partial charge in [-0.15, -0.1) is 0 Å². The van der Waals surface area contributed by atoms with Gasteiger partial charge in [-0.05, 0) is 11.1 Å². The second kappa shape index (κ2) is 8.31. The number of hydrogen-bond donors (Lipinski definition) is 0. The molecular weight excluding hydrogens is 243 g/mol. The smallest absolute Gasteiger partial charge is 0.304 e. The van der Waals surface area contributed by atoms with E-state index in [1.807, 2.05) is 24.3 Å². The van der Waals surface area contributed by atoms with Crippen LogP contribution in [0.1, 0.15) is 11.1 Å². The first-order valence-corrected chi connectivity index (χ1v) is 5.96. The first-order chi connectivity index (χ1) is 8.31. The maximum Gasteiger partial charge on any atom is 0.392 e. The Hall–Kier alpha value is -0.810. The van der Waals surface area contributed by atoms with E-state index < -0.39 is 8.60 Å². The maximum absolute atomic E-state index is 5.37. The summed E-state index contributed by atoms with van der Waals surface area (Å²) in [4.78, 5) is 8.96. The molecule has 0 bridgehead atoms. The van der Waals surface area contributed by atoms with Crippen LogP contribution in [-0.4, -0.2) is 14.2 Å². The standard InChI is InChI=1S/C11H15O5P/c1-4-10-7-5-6-8-11(10)9-14-17(15-12-2)16-13-3/h4-8H,1,9H2,2-3H3. The zero-order valence-corrected chi connectivity index (χ0v) is 10.7. The summed E-state index contributed by atoms with van der Waals surface area (Å²) < 4.78 is 14.9. The van der Waals surface area contributed by atoms with Crippen molar-refractivity contribution in [1.82, 2.24) is 0 Å². The zero-order chi connectivity index (χ0) is 12.5. The molecule has 0 spiro atoms. The highest BCUT2D eigenvalue weighted by Crippen LogP contribution is 2.40. The fraction of sp³-hybridized carbons (Fsp3) is 0.273. The topological polar surface area (TPSA) is 46.2 Å². The molecule has 0 aliphatic carbocycles. The largest absolute Gasteiger partial charge is 0.392 e. The third kappa shape index (κ3) is 4.91. The highest BCUT2D eigenvalue weighted by molar-refractivity contribution is 7.41. The molecule has 17 heavy (non-hydrogen) atoms. The molecule has 0 amide bonds. The average Bonchev–Trinajstić information content (AvgIpc) is 2.37. The Morgan fingerprint density at radius 2 is 1.82 bits per heavy atom. The van der Waals surface area contributed by atoms with Gasteiger partial charge in [0, 0.05) is 0 Å². The minimum Gasteiger partial charge on any atom is -0.304 e. The molecule has 0 heterocycles. The van der Waals surface area contributed by atoms with Gasteiger partial charge < -0.3 is 4.52 Å². The number of hydrogen-bond acceptors (Lipinski definition) is 5. The predicted octanol–water partition coefficient (Wildman–Crippen LogP) is 3.23. The summed E-state index contributed by atoms with van der Waals surface area (Å²) in [5, 5.41) is 0. The molecule has 0 aromatic heterocycles. The molecule has 0 N–H and O–H groups in total. The van der Waals surface area contributed by atoms with E-state index in [0.29, 0.717) is 6.61 Å². The lowest BCUT2D eigenvalue weighted by atomic mass is 10.1. The van der Waals surface area contributed by atoms with Crippen LogP contribution in [0.5, 0.6) is 0 Å². The molecule has 0 unspecified atom stereocenters. The Balaban J connectivity index is 2.55. The first kappa shape index (κ1) is 14.3. The van der Waals surface area contributed by atoms with Crippen molar-refractivity contribution < 1.29 is 23.6 Å². The fourth-order valence-electron chi connectivity index (χ4n) is 1.16. The monoisotopic (exact) mass is 258 g/mol. The second-order valence-corrected chi connectivity index (χ2v) is 3.89. The highest BCUT2D eigenvalue weighted by atomic mass is 31.2. The van der Waals surface area contributed by atoms with E-state index in [4.69, 9.17) is 13.9 Å². The Morgan fingerprint density at radius 1 is 1.18 bits per heavy atom. The van der Waals surface area contributed by atoms with E-state index in [9.17, 15) is 0 Å². The molecule has 1 aromatic carbocycles. The predicted molar refractivity (Wildman–Crippen MR) is 64.4 cm³/mol. The van der Waals surface area contributed by atoms with Gasteiger partial charge >= 0.3 is 8.60 Å². The maximum atomic E-state index is 5.37. The van der Waals surface area contributed by atoms with E-state index in [-0.39, 0.29) is 0 Å². The fourth-order valence-corrected chi connectivity index (χ4v) is 1.76. The molecule has 5 nitrogen and oxygen atoms in total. The summed E-state index contributed by atoms with van der Waals surface area (Å²) in [5.74, 6) is 0. The lowest BCUT2D eigenvalue weighted by Gasteiger charge is -2.13. The van der Waals surface area contributed by atoms with Gasteiger partial charge in [0.05, 0.1) is 20.8 Å². The van der Waals surface area contributed by atoms with Crippen molar-refractivity contribution in [3.8, 4) is 0 Å². The molecule has 0 radical (unpaired) electrons. The van der Waals surface area contributed by atoms with E-state index in [2.05, 4.69) is 16.4 Å². The van der Waals surface area contributed by atoms with Crippen LogP contribution in [0.3, 0.4) is 0 Å². The van der Waals surface area contributed by atoms with Crippen LogP contribution in [0.25, 0.3) is 6.08 Å². The number of rotatable bonds is 8. The summed E-state index contributed by atoms with van der Waals surface area (Å²) in [6.45, 7) is 4.05. The molecule has 94 valence electrons. The van der Waals surface area contributed by atoms with Gasteiger partial charge in [0.15, 0.2) is 0 Å². The first-order valence-electron chi connectivity index (χ1n) is 4.86. The molecule has 0 aliphatic rings. The van der Waals surface area contributed by atoms with E-state index >= 15 is 0 Å². The molecule has 0 fully saturated rings. The lowest BCUT2D eigenvalue weighted by Crippen LogP contribution is -1.96. The minimum atomic E-state index is -1.68. The van der Waals surface area contributed by atoms with Crippen LogP contribution >= 0.6 is 8.60 Å². The van der Waals surface area contributed by atoms with Gasteiger partial charge in [0.2, 0.25) is 0 Å². The molecular formula is C11H15O5P. The van der Waals surface area contributed by atoms with E-state index in [1.165, 1.54) is 14.2 Å². The van der Waals surface area contributed by atoms with Crippen molar-refractivity contribution in [2.24, 2.45) is 0 Å². The summed E-state index contributed by atoms with van der Waals surface area (Å²) in [7, 11) is 1.06. The Labute approximate surface area is 102 Å². The molecule has 0 atom stereocenters. The Morgan fingerprint density at radius 3 is 2.41 bits per heavy atom. The van der Waals surface area contributed by atoms with Gasteiger partial charge in [0.1, 0.15) is 0 Å². The SMILES string of the molecule is C=Cc1ccccc1COP(OOC)OOC. The molecule has 1 rings (SSSR count). The highest BCUT2D eigenvalue weighted by Gasteiger charge is 2.15. The van der Waals surface area contributed by atoms with Crippen molar-refractivity contribution in [2.45, 2.75) is 6.61 Å². The van der Waals surface area contributed by atoms with Crippen LogP contribution in [0, 0.1) is 0 Å². The molecule has 0 saturated carbocycles. The second-order valence-electron chi connectivity index (χ2n) is 2.88. The minimum absolute atomic E-state index is 0.320. The normalized spacial score (nSPS) is 10.8. The van der Waals surface area contributed by atoms with Gasteiger partial charge in [-0.3, -0.25) is 0 Å². The van der Waals surface area contributed by atoms with Crippen LogP contribution in [-0.2, 0) is 30.3 Å². The van der Waals surface area contributed by atoms with Gasteiger partial charge in [-0.1, -0.05) is 36.9 Å². The summed E-state index contributed by atoms with van der Waals surface area (Å²) in [6.07, 6.45) is 1.76. The van der Waals surface area contributed by atoms with Crippen LogP contribution in [0.2, 0.25) is 0 Å². The van der Waals surface area contributed by atoms with Crippen molar-refractivity contribution in [1.29, 1.82) is 0 Å². The Kier molecular flexibility index (Phi) is 6.96. The van der Waals surface area contributed by atoms with E-state index in [0.717, 1.165) is 11.1 Å². The average molecular weight is 258 g/mol. The van der Waals surface area contributed by atoms with Crippen LogP contribution in [0.15, 0.2) is 30.8 Å². The van der Waals surface area contributed by atoms with Crippen molar-refractivity contribution >= 4 is 14.7 Å². The van der Waals surface area contributed by atoms with Gasteiger partial charge in [0.25, 0.3) is 0 Å². The van der Waals surface area contributed by atoms with Crippen molar-refractivity contribution in [2.75, 3.05) is 14.2 Å². The summed E-state index contributed by atoms with van der Waals surface area (Å²) in [5.41, 5.74) is 1.98. The summed E-state index contributed by atoms with van der Waals surface area (Å²) >= 11 is 0. The van der Waals surface area contributed by atoms with Crippen molar-refractivity contribution in [3.05, 3.63) is 42.0 Å². The lowest BCUT2D eigenvalue weighted by molar-refractivity contribution is -0.246. The quantitative estimate of drug-likeness (QED) is 0.407. The third-order valence-corrected chi connectivity index (χ3v) is 2.75. The summed E-state index contributed by atoms with van der Waals surface area (Å²) in [6, 6.07) is 7.73. The van der Waals surface area contributed by atoms with Gasteiger partial charge in [-0.25, -0.2) is 9.78 Å². The molecule has 0 saturated heterocycles.